The van der Waals surface area contributed by atoms with Crippen LogP contribution in [0, 0.1) is 0 Å². The van der Waals surface area contributed by atoms with Crippen molar-refractivity contribution in [2.45, 2.75) is 44.9 Å². The van der Waals surface area contributed by atoms with Gasteiger partial charge in [-0.1, -0.05) is 0 Å². The van der Waals surface area contributed by atoms with Gasteiger partial charge >= 0.3 is 0 Å². The maximum absolute atomic E-state index is 11.5. The molecule has 0 aromatic heterocycles. The first-order valence-electron chi connectivity index (χ1n) is 10.3. The highest BCUT2D eigenvalue weighted by Crippen LogP contribution is 2.34. The van der Waals surface area contributed by atoms with Gasteiger partial charge in [-0.3, -0.25) is 14.7 Å². The van der Waals surface area contributed by atoms with Gasteiger partial charge in [-0.25, -0.2) is 0 Å². The van der Waals surface area contributed by atoms with E-state index in [1.54, 1.807) is 21.2 Å². The number of benzene rings is 1. The number of amides is 1. The van der Waals surface area contributed by atoms with E-state index in [4.69, 9.17) is 9.47 Å². The van der Waals surface area contributed by atoms with Gasteiger partial charge in [0.05, 0.1) is 13.7 Å². The molecule has 3 rings (SSSR count). The van der Waals surface area contributed by atoms with Crippen LogP contribution in [-0.4, -0.2) is 69.8 Å². The summed E-state index contributed by atoms with van der Waals surface area (Å²) in [5.74, 6) is 2.65. The number of likely N-dealkylation sites (tertiary alicyclic amines) is 1. The molecule has 0 aliphatic carbocycles. The lowest BCUT2D eigenvalue weighted by Crippen LogP contribution is -2.49. The maximum atomic E-state index is 11.5. The number of fused-ring (bicyclic) bond motifs is 1. The van der Waals surface area contributed by atoms with E-state index >= 15 is 0 Å². The fourth-order valence-corrected chi connectivity index (χ4v) is 3.89. The van der Waals surface area contributed by atoms with Gasteiger partial charge in [0.2, 0.25) is 5.91 Å². The van der Waals surface area contributed by atoms with E-state index in [0.717, 1.165) is 55.4 Å². The van der Waals surface area contributed by atoms with Crippen molar-refractivity contribution in [2.75, 3.05) is 40.8 Å². The number of aliphatic imine (C=N–C) groups is 1. The lowest BCUT2D eigenvalue weighted by molar-refractivity contribution is -0.122. The third kappa shape index (κ3) is 5.53. The van der Waals surface area contributed by atoms with Gasteiger partial charge < -0.3 is 25.4 Å². The Morgan fingerprint density at radius 2 is 2.10 bits per heavy atom. The van der Waals surface area contributed by atoms with Gasteiger partial charge in [0.1, 0.15) is 17.6 Å². The second kappa shape index (κ2) is 9.82. The Morgan fingerprint density at radius 1 is 1.34 bits per heavy atom. The van der Waals surface area contributed by atoms with Gasteiger partial charge in [-0.15, -0.1) is 0 Å². The number of piperidine rings is 1. The normalized spacial score (nSPS) is 20.0. The predicted molar refractivity (Wildman–Crippen MR) is 114 cm³/mol. The van der Waals surface area contributed by atoms with Crippen LogP contribution in [0.5, 0.6) is 11.5 Å². The highest BCUT2D eigenvalue weighted by atomic mass is 16.5. The first kappa shape index (κ1) is 21.2. The number of guanidine groups is 1. The number of nitrogens with zero attached hydrogens (tertiary/aromatic N) is 2. The van der Waals surface area contributed by atoms with Crippen LogP contribution in [0.25, 0.3) is 0 Å². The molecular formula is C21H33N5O3. The summed E-state index contributed by atoms with van der Waals surface area (Å²) >= 11 is 0. The Labute approximate surface area is 173 Å². The minimum atomic E-state index is 0.0653. The highest BCUT2D eigenvalue weighted by molar-refractivity contribution is 5.80. The van der Waals surface area contributed by atoms with Crippen molar-refractivity contribution in [2.24, 2.45) is 4.99 Å². The molecule has 0 radical (unpaired) electrons. The zero-order chi connectivity index (χ0) is 20.8. The summed E-state index contributed by atoms with van der Waals surface area (Å²) in [5.41, 5.74) is 2.24. The van der Waals surface area contributed by atoms with E-state index < -0.39 is 0 Å². The Balaban J connectivity index is 1.52. The molecule has 29 heavy (non-hydrogen) atoms. The van der Waals surface area contributed by atoms with Crippen LogP contribution in [0.2, 0.25) is 0 Å². The lowest BCUT2D eigenvalue weighted by atomic mass is 10.1. The molecule has 1 aromatic carbocycles. The molecule has 160 valence electrons. The van der Waals surface area contributed by atoms with E-state index in [9.17, 15) is 4.79 Å². The molecule has 2 heterocycles. The van der Waals surface area contributed by atoms with Crippen LogP contribution in [0.15, 0.2) is 17.1 Å². The van der Waals surface area contributed by atoms with E-state index in [-0.39, 0.29) is 12.0 Å². The van der Waals surface area contributed by atoms with Gasteiger partial charge in [0.15, 0.2) is 5.96 Å². The lowest BCUT2D eigenvalue weighted by Gasteiger charge is -2.32. The smallest absolute Gasteiger partial charge is 0.233 e. The molecule has 1 atom stereocenters. The molecule has 1 fully saturated rings. The van der Waals surface area contributed by atoms with Crippen molar-refractivity contribution >= 4 is 11.9 Å². The predicted octanol–water partition coefficient (Wildman–Crippen LogP) is 0.894. The van der Waals surface area contributed by atoms with Crippen molar-refractivity contribution in [3.8, 4) is 11.5 Å². The van der Waals surface area contributed by atoms with Crippen LogP contribution in [-0.2, 0) is 17.8 Å². The Morgan fingerprint density at radius 3 is 2.76 bits per heavy atom. The monoisotopic (exact) mass is 403 g/mol. The first-order chi connectivity index (χ1) is 14.0. The average Bonchev–Trinajstić information content (AvgIpc) is 3.10. The summed E-state index contributed by atoms with van der Waals surface area (Å²) < 4.78 is 11.5. The average molecular weight is 404 g/mol. The largest absolute Gasteiger partial charge is 0.496 e. The summed E-state index contributed by atoms with van der Waals surface area (Å²) in [6.45, 7) is 4.95. The van der Waals surface area contributed by atoms with Gasteiger partial charge in [0.25, 0.3) is 0 Å². The Hall–Kier alpha value is -2.48. The minimum Gasteiger partial charge on any atom is -0.496 e. The zero-order valence-corrected chi connectivity index (χ0v) is 17.9. The topological polar surface area (TPSA) is 87.2 Å². The van der Waals surface area contributed by atoms with Crippen LogP contribution < -0.4 is 25.4 Å². The summed E-state index contributed by atoms with van der Waals surface area (Å²) in [7, 11) is 5.15. The second-order valence-electron chi connectivity index (χ2n) is 7.70. The number of methoxy groups -OCH3 is 1. The fourth-order valence-electron chi connectivity index (χ4n) is 3.89. The molecule has 3 N–H and O–H groups in total. The second-order valence-corrected chi connectivity index (χ2v) is 7.70. The molecule has 0 bridgehead atoms. The highest BCUT2D eigenvalue weighted by Gasteiger charge is 2.23. The van der Waals surface area contributed by atoms with Gasteiger partial charge in [-0.05, 0) is 31.9 Å². The molecule has 1 saturated heterocycles. The molecule has 0 saturated carbocycles. The van der Waals surface area contributed by atoms with Gasteiger partial charge in [0, 0.05) is 57.3 Å². The van der Waals surface area contributed by atoms with Crippen LogP contribution >= 0.6 is 0 Å². The van der Waals surface area contributed by atoms with Crippen molar-refractivity contribution in [1.82, 2.24) is 20.9 Å². The maximum Gasteiger partial charge on any atom is 0.233 e. The van der Waals surface area contributed by atoms with Gasteiger partial charge in [-0.2, -0.15) is 0 Å². The SMILES string of the molecule is CN=C(NCc1cc2c(cc1OC)CC(C)O2)NC1CCN(CC(=O)NC)CC1. The first-order valence-corrected chi connectivity index (χ1v) is 10.3. The van der Waals surface area contributed by atoms with Crippen LogP contribution in [0.3, 0.4) is 0 Å². The summed E-state index contributed by atoms with van der Waals surface area (Å²) in [6.07, 6.45) is 3.08. The number of nitrogens with one attached hydrogen (secondary N) is 3. The summed E-state index contributed by atoms with van der Waals surface area (Å²) in [5, 5.41) is 9.57. The van der Waals surface area contributed by atoms with E-state index in [0.29, 0.717) is 19.1 Å². The van der Waals surface area contributed by atoms with Crippen molar-refractivity contribution in [3.05, 3.63) is 23.3 Å². The van der Waals surface area contributed by atoms with Crippen LogP contribution in [0.4, 0.5) is 0 Å². The van der Waals surface area contributed by atoms with E-state index in [1.165, 1.54) is 5.56 Å². The standard InChI is InChI=1S/C21H33N5O3/c1-14-9-15-10-18(28-4)16(11-19(15)29-14)12-24-21(23-3)25-17-5-7-26(8-6-17)13-20(27)22-2/h10-11,14,17H,5-9,12-13H2,1-4H3,(H,22,27)(H2,23,24,25). The summed E-state index contributed by atoms with van der Waals surface area (Å²) in [4.78, 5) is 18.1. The van der Waals surface area contributed by atoms with E-state index in [2.05, 4.69) is 44.9 Å². The molecular weight excluding hydrogens is 370 g/mol. The van der Waals surface area contributed by atoms with Crippen molar-refractivity contribution in [1.29, 1.82) is 0 Å². The molecule has 1 unspecified atom stereocenters. The fraction of sp³-hybridized carbons (Fsp3) is 0.619. The molecule has 1 amide bonds. The van der Waals surface area contributed by atoms with Crippen molar-refractivity contribution in [3.63, 3.8) is 0 Å². The zero-order valence-electron chi connectivity index (χ0n) is 17.9. The number of likely N-dealkylation sites (N-methyl/N-ethyl adjacent to an activating group) is 1. The van der Waals surface area contributed by atoms with E-state index in [1.807, 2.05) is 0 Å². The number of carbonyl (C=O) groups is 1. The quantitative estimate of drug-likeness (QED) is 0.483. The third-order valence-corrected chi connectivity index (χ3v) is 5.54. The third-order valence-electron chi connectivity index (χ3n) is 5.54. The van der Waals surface area contributed by atoms with Crippen LogP contribution in [0.1, 0.15) is 30.9 Å². The molecule has 0 spiro atoms. The Kier molecular flexibility index (Phi) is 7.19. The molecule has 8 nitrogen and oxygen atoms in total. The Bertz CT molecular complexity index is 744. The molecule has 2 aliphatic rings. The molecule has 8 heteroatoms. The number of rotatable bonds is 6. The number of hydrogen-bond donors (Lipinski definition) is 3. The van der Waals surface area contributed by atoms with Crippen molar-refractivity contribution < 1.29 is 14.3 Å². The number of ether oxygens (including phenoxy) is 2. The minimum absolute atomic E-state index is 0.0653. The number of hydrogen-bond acceptors (Lipinski definition) is 5. The molecule has 2 aliphatic heterocycles. The summed E-state index contributed by atoms with van der Waals surface area (Å²) in [6, 6.07) is 4.48. The molecule has 1 aromatic rings. The number of carbonyl (C=O) groups excluding carboxylic acids is 1.